The van der Waals surface area contributed by atoms with Crippen LogP contribution in [0.4, 0.5) is 10.1 Å². The molecule has 1 aromatic carbocycles. The van der Waals surface area contributed by atoms with Crippen molar-refractivity contribution in [1.29, 1.82) is 0 Å². The fourth-order valence-corrected chi connectivity index (χ4v) is 1.51. The van der Waals surface area contributed by atoms with Gasteiger partial charge in [-0.1, -0.05) is 6.07 Å². The van der Waals surface area contributed by atoms with Crippen molar-refractivity contribution in [3.63, 3.8) is 0 Å². The summed E-state index contributed by atoms with van der Waals surface area (Å²) >= 11 is 0. The SMILES string of the molecule is COc1ccc(-c2ccncc2F)cc1N. The highest BCUT2D eigenvalue weighted by molar-refractivity contribution is 5.70. The van der Waals surface area contributed by atoms with Crippen molar-refractivity contribution in [3.8, 4) is 16.9 Å². The normalized spacial score (nSPS) is 10.1. The highest BCUT2D eigenvalue weighted by Gasteiger charge is 2.06. The minimum Gasteiger partial charge on any atom is -0.495 e. The predicted octanol–water partition coefficient (Wildman–Crippen LogP) is 2.48. The summed E-state index contributed by atoms with van der Waals surface area (Å²) < 4.78 is 18.5. The standard InChI is InChI=1S/C12H11FN2O/c1-16-12-3-2-8(6-11(12)14)9-4-5-15-7-10(9)13/h2-7H,14H2,1H3. The van der Waals surface area contributed by atoms with E-state index in [0.29, 0.717) is 22.6 Å². The molecule has 0 aliphatic rings. The topological polar surface area (TPSA) is 48.1 Å². The Balaban J connectivity index is 2.50. The first-order valence-electron chi connectivity index (χ1n) is 4.76. The van der Waals surface area contributed by atoms with Crippen LogP contribution in [0.15, 0.2) is 36.7 Å². The predicted molar refractivity (Wildman–Crippen MR) is 60.6 cm³/mol. The number of pyridine rings is 1. The van der Waals surface area contributed by atoms with E-state index in [-0.39, 0.29) is 5.82 Å². The summed E-state index contributed by atoms with van der Waals surface area (Å²) in [6.45, 7) is 0. The molecule has 0 spiro atoms. The average Bonchev–Trinajstić information content (AvgIpc) is 2.29. The van der Waals surface area contributed by atoms with Gasteiger partial charge >= 0.3 is 0 Å². The lowest BCUT2D eigenvalue weighted by Crippen LogP contribution is -1.93. The van der Waals surface area contributed by atoms with Gasteiger partial charge in [0, 0.05) is 11.8 Å². The Bertz CT molecular complexity index is 514. The molecule has 2 rings (SSSR count). The third-order valence-electron chi connectivity index (χ3n) is 2.31. The van der Waals surface area contributed by atoms with Gasteiger partial charge in [-0.05, 0) is 23.8 Å². The summed E-state index contributed by atoms with van der Waals surface area (Å²) in [7, 11) is 1.54. The molecule has 0 aliphatic heterocycles. The zero-order chi connectivity index (χ0) is 11.5. The zero-order valence-corrected chi connectivity index (χ0v) is 8.77. The van der Waals surface area contributed by atoms with Gasteiger partial charge in [0.15, 0.2) is 0 Å². The Labute approximate surface area is 92.7 Å². The first-order valence-corrected chi connectivity index (χ1v) is 4.76. The van der Waals surface area contributed by atoms with Crippen molar-refractivity contribution in [2.24, 2.45) is 0 Å². The van der Waals surface area contributed by atoms with E-state index in [4.69, 9.17) is 10.5 Å². The molecule has 0 bridgehead atoms. The lowest BCUT2D eigenvalue weighted by atomic mass is 10.1. The maximum absolute atomic E-state index is 13.5. The maximum atomic E-state index is 13.5. The summed E-state index contributed by atoms with van der Waals surface area (Å²) in [6, 6.07) is 6.76. The molecule has 0 saturated carbocycles. The van der Waals surface area contributed by atoms with E-state index in [2.05, 4.69) is 4.98 Å². The van der Waals surface area contributed by atoms with Gasteiger partial charge in [-0.25, -0.2) is 4.39 Å². The molecule has 0 aliphatic carbocycles. The number of aromatic nitrogens is 1. The number of hydrogen-bond acceptors (Lipinski definition) is 3. The highest BCUT2D eigenvalue weighted by atomic mass is 19.1. The van der Waals surface area contributed by atoms with Gasteiger partial charge in [0.25, 0.3) is 0 Å². The van der Waals surface area contributed by atoms with Gasteiger partial charge in [0.2, 0.25) is 0 Å². The molecule has 82 valence electrons. The number of nitrogen functional groups attached to an aromatic ring is 1. The van der Waals surface area contributed by atoms with Crippen LogP contribution >= 0.6 is 0 Å². The number of ether oxygens (including phenoxy) is 1. The van der Waals surface area contributed by atoms with Crippen molar-refractivity contribution in [2.45, 2.75) is 0 Å². The molecule has 0 fully saturated rings. The maximum Gasteiger partial charge on any atom is 0.149 e. The van der Waals surface area contributed by atoms with E-state index in [0.717, 1.165) is 0 Å². The van der Waals surface area contributed by atoms with Gasteiger partial charge < -0.3 is 10.5 Å². The zero-order valence-electron chi connectivity index (χ0n) is 8.77. The van der Waals surface area contributed by atoms with Crippen LogP contribution in [0.1, 0.15) is 0 Å². The van der Waals surface area contributed by atoms with E-state index in [1.54, 1.807) is 37.6 Å². The largest absolute Gasteiger partial charge is 0.495 e. The molecule has 0 unspecified atom stereocenters. The van der Waals surface area contributed by atoms with Crippen molar-refractivity contribution in [2.75, 3.05) is 12.8 Å². The number of halogens is 1. The summed E-state index contributed by atoms with van der Waals surface area (Å²) in [5.41, 5.74) is 7.42. The fourth-order valence-electron chi connectivity index (χ4n) is 1.51. The Kier molecular flexibility index (Phi) is 2.72. The van der Waals surface area contributed by atoms with Gasteiger partial charge in [-0.2, -0.15) is 0 Å². The third-order valence-corrected chi connectivity index (χ3v) is 2.31. The first kappa shape index (κ1) is 10.4. The van der Waals surface area contributed by atoms with E-state index in [9.17, 15) is 4.39 Å². The van der Waals surface area contributed by atoms with Crippen LogP contribution in [-0.4, -0.2) is 12.1 Å². The monoisotopic (exact) mass is 218 g/mol. The summed E-state index contributed by atoms with van der Waals surface area (Å²) in [4.78, 5) is 3.70. The summed E-state index contributed by atoms with van der Waals surface area (Å²) in [5, 5.41) is 0. The number of rotatable bonds is 2. The fraction of sp³-hybridized carbons (Fsp3) is 0.0833. The molecule has 2 N–H and O–H groups in total. The van der Waals surface area contributed by atoms with Gasteiger partial charge in [0.05, 0.1) is 19.0 Å². The molecule has 2 aromatic rings. The second-order valence-corrected chi connectivity index (χ2v) is 3.31. The number of hydrogen-bond donors (Lipinski definition) is 1. The van der Waals surface area contributed by atoms with Crippen LogP contribution < -0.4 is 10.5 Å². The molecule has 4 heteroatoms. The number of methoxy groups -OCH3 is 1. The summed E-state index contributed by atoms with van der Waals surface area (Å²) in [5.74, 6) is 0.213. The van der Waals surface area contributed by atoms with E-state index < -0.39 is 0 Å². The Hall–Kier alpha value is -2.10. The van der Waals surface area contributed by atoms with Crippen LogP contribution in [-0.2, 0) is 0 Å². The second-order valence-electron chi connectivity index (χ2n) is 3.31. The summed E-state index contributed by atoms with van der Waals surface area (Å²) in [6.07, 6.45) is 2.72. The molecule has 1 aromatic heterocycles. The highest BCUT2D eigenvalue weighted by Crippen LogP contribution is 2.29. The van der Waals surface area contributed by atoms with Crippen LogP contribution in [0.25, 0.3) is 11.1 Å². The van der Waals surface area contributed by atoms with Crippen molar-refractivity contribution < 1.29 is 9.13 Å². The van der Waals surface area contributed by atoms with E-state index >= 15 is 0 Å². The van der Waals surface area contributed by atoms with Gasteiger partial charge in [-0.15, -0.1) is 0 Å². The Morgan fingerprint density at radius 1 is 1.31 bits per heavy atom. The number of nitrogens with zero attached hydrogens (tertiary/aromatic N) is 1. The molecular weight excluding hydrogens is 207 g/mol. The quantitative estimate of drug-likeness (QED) is 0.788. The molecule has 0 atom stereocenters. The molecule has 0 amide bonds. The third kappa shape index (κ3) is 1.82. The van der Waals surface area contributed by atoms with Crippen molar-refractivity contribution >= 4 is 5.69 Å². The van der Waals surface area contributed by atoms with Crippen LogP contribution in [0.3, 0.4) is 0 Å². The number of nitrogens with two attached hydrogens (primary N) is 1. The molecule has 0 saturated heterocycles. The van der Waals surface area contributed by atoms with Gasteiger partial charge in [0.1, 0.15) is 11.6 Å². The van der Waals surface area contributed by atoms with E-state index in [1.165, 1.54) is 6.20 Å². The van der Waals surface area contributed by atoms with Crippen molar-refractivity contribution in [1.82, 2.24) is 4.98 Å². The minimum absolute atomic E-state index is 0.368. The smallest absolute Gasteiger partial charge is 0.149 e. The Morgan fingerprint density at radius 3 is 2.75 bits per heavy atom. The number of benzene rings is 1. The minimum atomic E-state index is -0.368. The first-order chi connectivity index (χ1) is 7.72. The Morgan fingerprint density at radius 2 is 2.12 bits per heavy atom. The average molecular weight is 218 g/mol. The second kappa shape index (κ2) is 4.18. The molecule has 0 radical (unpaired) electrons. The van der Waals surface area contributed by atoms with Crippen molar-refractivity contribution in [3.05, 3.63) is 42.5 Å². The van der Waals surface area contributed by atoms with Crippen LogP contribution in [0, 0.1) is 5.82 Å². The molecule has 1 heterocycles. The lowest BCUT2D eigenvalue weighted by Gasteiger charge is -2.07. The molecular formula is C12H11FN2O. The number of anilines is 1. The lowest BCUT2D eigenvalue weighted by molar-refractivity contribution is 0.417. The molecule has 16 heavy (non-hydrogen) atoms. The van der Waals surface area contributed by atoms with Crippen LogP contribution in [0.2, 0.25) is 0 Å². The van der Waals surface area contributed by atoms with E-state index in [1.807, 2.05) is 0 Å². The molecule has 3 nitrogen and oxygen atoms in total. The van der Waals surface area contributed by atoms with Crippen LogP contribution in [0.5, 0.6) is 5.75 Å². The van der Waals surface area contributed by atoms with Gasteiger partial charge in [-0.3, -0.25) is 4.98 Å².